The topological polar surface area (TPSA) is 69.6 Å². The van der Waals surface area contributed by atoms with Crippen molar-refractivity contribution in [1.29, 1.82) is 0 Å². The number of nitrogens with zero attached hydrogens (tertiary/aromatic N) is 1. The van der Waals surface area contributed by atoms with Gasteiger partial charge in [0.1, 0.15) is 23.3 Å². The summed E-state index contributed by atoms with van der Waals surface area (Å²) in [4.78, 5) is 28.1. The van der Waals surface area contributed by atoms with Gasteiger partial charge >= 0.3 is 0 Å². The summed E-state index contributed by atoms with van der Waals surface area (Å²) < 4.78 is 56.5. The van der Waals surface area contributed by atoms with E-state index in [4.69, 9.17) is 11.6 Å². The number of rotatable bonds is 6. The van der Waals surface area contributed by atoms with Crippen molar-refractivity contribution in [3.05, 3.63) is 132 Å². The number of hydrogen-bond acceptors (Lipinski definition) is 3. The molecule has 40 heavy (non-hydrogen) atoms. The van der Waals surface area contributed by atoms with Gasteiger partial charge in [0.2, 0.25) is 0 Å². The maximum absolute atomic E-state index is 14.7. The number of carbonyl (C=O) groups excluding carboxylic acids is 2. The Balaban J connectivity index is 1.57. The van der Waals surface area contributed by atoms with Crippen LogP contribution in [0.15, 0.2) is 72.8 Å². The molecule has 2 amide bonds. The Hall–Kier alpha value is -3.48. The number of carbonyl (C=O) groups is 2. The zero-order valence-electron chi connectivity index (χ0n) is 20.3. The monoisotopic (exact) mass is 680 g/mol. The van der Waals surface area contributed by atoms with Crippen molar-refractivity contribution in [2.75, 3.05) is 4.90 Å². The lowest BCUT2D eigenvalue weighted by atomic mass is 9.87. The number of amides is 2. The molecule has 11 heteroatoms. The minimum absolute atomic E-state index is 0.000759. The van der Waals surface area contributed by atoms with Crippen LogP contribution in [-0.2, 0) is 23.5 Å². The van der Waals surface area contributed by atoms with Gasteiger partial charge in [0.05, 0.1) is 12.2 Å². The highest BCUT2D eigenvalue weighted by atomic mass is 127. The first kappa shape index (κ1) is 28.1. The molecule has 204 valence electrons. The Morgan fingerprint density at radius 2 is 1.60 bits per heavy atom. The van der Waals surface area contributed by atoms with Gasteiger partial charge in [-0.15, -0.1) is 0 Å². The fourth-order valence-electron chi connectivity index (χ4n) is 4.66. The van der Waals surface area contributed by atoms with E-state index in [0.717, 1.165) is 4.90 Å². The first-order chi connectivity index (χ1) is 19.0. The smallest absolute Gasteiger partial charge is 0.268 e. The predicted molar refractivity (Wildman–Crippen MR) is 149 cm³/mol. The van der Waals surface area contributed by atoms with Crippen LogP contribution in [0, 0.1) is 26.8 Å². The zero-order valence-corrected chi connectivity index (χ0v) is 23.2. The fraction of sp³-hybridized carbons (Fsp3) is 0.103. The molecule has 0 aromatic heterocycles. The molecule has 4 aromatic carbocycles. The maximum Gasteiger partial charge on any atom is 0.268 e. The quantitative estimate of drug-likeness (QED) is 0.188. The van der Waals surface area contributed by atoms with E-state index in [0.29, 0.717) is 15.7 Å². The van der Waals surface area contributed by atoms with Crippen molar-refractivity contribution in [3.63, 3.8) is 0 Å². The molecule has 1 aliphatic heterocycles. The lowest BCUT2D eigenvalue weighted by Gasteiger charge is -2.24. The molecule has 5 rings (SSSR count). The Bertz CT molecular complexity index is 1630. The second-order valence-corrected chi connectivity index (χ2v) is 10.6. The second kappa shape index (κ2) is 10.8. The van der Waals surface area contributed by atoms with Gasteiger partial charge in [-0.2, -0.15) is 0 Å². The van der Waals surface area contributed by atoms with E-state index in [1.165, 1.54) is 30.3 Å². The highest BCUT2D eigenvalue weighted by molar-refractivity contribution is 14.1. The molecule has 0 radical (unpaired) electrons. The average molecular weight is 681 g/mol. The van der Waals surface area contributed by atoms with E-state index in [-0.39, 0.29) is 39.5 Å². The number of nitrogens with one attached hydrogen (secondary N) is 1. The third-order valence-electron chi connectivity index (χ3n) is 6.64. The Labute approximate surface area is 244 Å². The van der Waals surface area contributed by atoms with E-state index >= 15 is 0 Å². The summed E-state index contributed by atoms with van der Waals surface area (Å²) in [5.41, 5.74) is -2.10. The lowest BCUT2D eigenvalue weighted by Crippen LogP contribution is -2.41. The van der Waals surface area contributed by atoms with Gasteiger partial charge < -0.3 is 15.3 Å². The molecule has 0 saturated carbocycles. The minimum Gasteiger partial charge on any atom is -0.372 e. The van der Waals surface area contributed by atoms with Crippen LogP contribution in [0.1, 0.15) is 32.6 Å². The zero-order chi connectivity index (χ0) is 28.8. The summed E-state index contributed by atoms with van der Waals surface area (Å²) in [6, 6.07) is 16.0. The van der Waals surface area contributed by atoms with E-state index in [1.807, 2.05) is 22.6 Å². The summed E-state index contributed by atoms with van der Waals surface area (Å²) in [5, 5.41) is 14.3. The Kier molecular flexibility index (Phi) is 7.60. The molecule has 0 spiro atoms. The van der Waals surface area contributed by atoms with Crippen molar-refractivity contribution in [2.45, 2.75) is 18.7 Å². The van der Waals surface area contributed by atoms with Gasteiger partial charge in [0, 0.05) is 49.5 Å². The molecule has 0 fully saturated rings. The first-order valence-electron chi connectivity index (χ1n) is 11.8. The summed E-state index contributed by atoms with van der Waals surface area (Å²) in [6.07, 6.45) is 0. The lowest BCUT2D eigenvalue weighted by molar-refractivity contribution is -0.132. The number of benzene rings is 4. The van der Waals surface area contributed by atoms with Crippen LogP contribution >= 0.6 is 34.2 Å². The molecule has 1 atom stereocenters. The number of anilines is 1. The molecule has 2 N–H and O–H groups in total. The van der Waals surface area contributed by atoms with Crippen molar-refractivity contribution in [3.8, 4) is 0 Å². The molecule has 0 bridgehead atoms. The SMILES string of the molecule is O=C(NCc1c(F)cc(F)cc1F)c1cc(I)c2c(c1)N(Cc1c(F)cccc1Cl)C(=O)C2(O)c1ccccc1. The van der Waals surface area contributed by atoms with Crippen molar-refractivity contribution in [1.82, 2.24) is 5.32 Å². The van der Waals surface area contributed by atoms with Crippen LogP contribution < -0.4 is 10.2 Å². The first-order valence-corrected chi connectivity index (χ1v) is 13.3. The van der Waals surface area contributed by atoms with Gasteiger partial charge in [-0.05, 0) is 52.4 Å². The summed E-state index contributed by atoms with van der Waals surface area (Å²) in [7, 11) is 0. The largest absolute Gasteiger partial charge is 0.372 e. The third kappa shape index (κ3) is 4.84. The third-order valence-corrected chi connectivity index (χ3v) is 7.84. The number of aliphatic hydroxyl groups is 1. The maximum atomic E-state index is 14.7. The normalized spacial score (nSPS) is 16.3. The Morgan fingerprint density at radius 3 is 2.25 bits per heavy atom. The van der Waals surface area contributed by atoms with E-state index in [9.17, 15) is 32.3 Å². The molecule has 1 heterocycles. The summed E-state index contributed by atoms with van der Waals surface area (Å²) in [6.45, 7) is -0.925. The Morgan fingerprint density at radius 1 is 0.925 bits per heavy atom. The summed E-state index contributed by atoms with van der Waals surface area (Å²) in [5.74, 6) is -5.61. The average Bonchev–Trinajstić information content (AvgIpc) is 3.13. The molecule has 5 nitrogen and oxygen atoms in total. The minimum atomic E-state index is -2.15. The van der Waals surface area contributed by atoms with Crippen LogP contribution in [0.2, 0.25) is 5.02 Å². The molecule has 0 saturated heterocycles. The molecule has 4 aromatic rings. The second-order valence-electron chi connectivity index (χ2n) is 9.05. The predicted octanol–water partition coefficient (Wildman–Crippen LogP) is 6.21. The molecule has 1 unspecified atom stereocenters. The van der Waals surface area contributed by atoms with Crippen molar-refractivity contribution >= 4 is 51.7 Å². The molecular formula is C29H18ClF4IN2O3. The number of halogens is 6. The highest BCUT2D eigenvalue weighted by Crippen LogP contribution is 2.48. The van der Waals surface area contributed by atoms with Crippen LogP contribution in [0.3, 0.4) is 0 Å². The van der Waals surface area contributed by atoms with Gasteiger partial charge in [0.25, 0.3) is 11.8 Å². The van der Waals surface area contributed by atoms with Crippen LogP contribution in [0.4, 0.5) is 23.2 Å². The van der Waals surface area contributed by atoms with Crippen LogP contribution in [0.25, 0.3) is 0 Å². The van der Waals surface area contributed by atoms with E-state index < -0.39 is 52.8 Å². The molecule has 1 aliphatic rings. The summed E-state index contributed by atoms with van der Waals surface area (Å²) >= 11 is 8.10. The van der Waals surface area contributed by atoms with Crippen LogP contribution in [0.5, 0.6) is 0 Å². The van der Waals surface area contributed by atoms with Gasteiger partial charge in [-0.1, -0.05) is 48.0 Å². The van der Waals surface area contributed by atoms with Crippen molar-refractivity contribution in [2.24, 2.45) is 0 Å². The number of fused-ring (bicyclic) bond motifs is 1. The standard InChI is InChI=1S/C29H18ClF4IN2O3/c30-20-7-4-8-21(32)19(20)14-37-25-10-15(27(38)36-13-18-22(33)11-17(31)12-23(18)34)9-24(35)26(25)29(40,28(37)39)16-5-2-1-3-6-16/h1-12,40H,13-14H2,(H,36,38). The van der Waals surface area contributed by atoms with Gasteiger partial charge in [-0.25, -0.2) is 17.6 Å². The molecular weight excluding hydrogens is 663 g/mol. The highest BCUT2D eigenvalue weighted by Gasteiger charge is 2.52. The van der Waals surface area contributed by atoms with Crippen LogP contribution in [-0.4, -0.2) is 16.9 Å². The number of hydrogen-bond donors (Lipinski definition) is 2. The fourth-order valence-corrected chi connectivity index (χ4v) is 5.89. The van der Waals surface area contributed by atoms with E-state index in [2.05, 4.69) is 5.32 Å². The van der Waals surface area contributed by atoms with Crippen molar-refractivity contribution < 1.29 is 32.3 Å². The van der Waals surface area contributed by atoms with Gasteiger partial charge in [0.15, 0.2) is 5.60 Å². The van der Waals surface area contributed by atoms with Gasteiger partial charge in [-0.3, -0.25) is 9.59 Å². The van der Waals surface area contributed by atoms with E-state index in [1.54, 1.807) is 30.3 Å². The molecule has 0 aliphatic carbocycles.